The van der Waals surface area contributed by atoms with Gasteiger partial charge in [-0.15, -0.1) is 0 Å². The lowest BCUT2D eigenvalue weighted by molar-refractivity contribution is 0.0690. The molecule has 6 heteroatoms. The molecule has 21 heavy (non-hydrogen) atoms. The Kier molecular flexibility index (Phi) is 3.19. The number of pyridine rings is 2. The quantitative estimate of drug-likeness (QED) is 0.799. The number of para-hydroxylation sites is 1. The van der Waals surface area contributed by atoms with Gasteiger partial charge in [-0.2, -0.15) is 0 Å². The van der Waals surface area contributed by atoms with Gasteiger partial charge in [0.25, 0.3) is 5.88 Å². The van der Waals surface area contributed by atoms with Gasteiger partial charge >= 0.3 is 5.97 Å². The average molecular weight is 284 g/mol. The Morgan fingerprint density at radius 3 is 2.81 bits per heavy atom. The largest absolute Gasteiger partial charge is 0.478 e. The molecule has 3 rings (SSSR count). The first kappa shape index (κ1) is 13.0. The number of halogens is 1. The lowest BCUT2D eigenvalue weighted by Crippen LogP contribution is -2.03. The number of aromatic carboxylic acids is 1. The lowest BCUT2D eigenvalue weighted by atomic mass is 10.2. The second kappa shape index (κ2) is 5.16. The van der Waals surface area contributed by atoms with Crippen LogP contribution in [0.2, 0.25) is 0 Å². The van der Waals surface area contributed by atoms with Crippen molar-refractivity contribution in [2.75, 3.05) is 0 Å². The molecule has 1 aromatic carbocycles. The van der Waals surface area contributed by atoms with Gasteiger partial charge in [0.1, 0.15) is 11.3 Å². The van der Waals surface area contributed by atoms with Gasteiger partial charge in [0.2, 0.25) is 0 Å². The maximum absolute atomic E-state index is 13.9. The molecule has 0 radical (unpaired) electrons. The van der Waals surface area contributed by atoms with Gasteiger partial charge in [0.15, 0.2) is 5.82 Å². The minimum absolute atomic E-state index is 0.280. The summed E-state index contributed by atoms with van der Waals surface area (Å²) in [4.78, 5) is 18.7. The van der Waals surface area contributed by atoms with E-state index < -0.39 is 23.2 Å². The first-order chi connectivity index (χ1) is 10.1. The van der Waals surface area contributed by atoms with Crippen LogP contribution in [-0.4, -0.2) is 21.0 Å². The standard InChI is InChI=1S/C15H9FN2O3/c16-13-11(15(19)20)5-6-17-14(13)21-10-7-9-3-1-2-4-12(9)18-8-10/h1-8H,(H,19,20). The van der Waals surface area contributed by atoms with Gasteiger partial charge in [-0.25, -0.2) is 14.2 Å². The van der Waals surface area contributed by atoms with Crippen LogP contribution in [-0.2, 0) is 0 Å². The minimum atomic E-state index is -1.38. The third-order valence-corrected chi connectivity index (χ3v) is 2.87. The summed E-state index contributed by atoms with van der Waals surface area (Å²) in [5.41, 5.74) is 0.284. The van der Waals surface area contributed by atoms with Crippen LogP contribution in [0.1, 0.15) is 10.4 Å². The highest BCUT2D eigenvalue weighted by Gasteiger charge is 2.16. The molecular formula is C15H9FN2O3. The normalized spacial score (nSPS) is 10.5. The van der Waals surface area contributed by atoms with Crippen molar-refractivity contribution in [1.29, 1.82) is 0 Å². The van der Waals surface area contributed by atoms with Crippen LogP contribution >= 0.6 is 0 Å². The average Bonchev–Trinajstić information content (AvgIpc) is 2.49. The maximum Gasteiger partial charge on any atom is 0.338 e. The third kappa shape index (κ3) is 2.51. The van der Waals surface area contributed by atoms with Crippen LogP contribution in [0.4, 0.5) is 4.39 Å². The number of nitrogens with zero attached hydrogens (tertiary/aromatic N) is 2. The highest BCUT2D eigenvalue weighted by Crippen LogP contribution is 2.25. The molecule has 1 N–H and O–H groups in total. The molecule has 2 heterocycles. The van der Waals surface area contributed by atoms with E-state index in [9.17, 15) is 9.18 Å². The molecule has 0 unspecified atom stereocenters. The summed E-state index contributed by atoms with van der Waals surface area (Å²) < 4.78 is 19.2. The fourth-order valence-corrected chi connectivity index (χ4v) is 1.88. The molecule has 5 nitrogen and oxygen atoms in total. The van der Waals surface area contributed by atoms with Crippen molar-refractivity contribution in [3.05, 3.63) is 60.2 Å². The Morgan fingerprint density at radius 1 is 1.19 bits per heavy atom. The molecule has 0 atom stereocenters. The van der Waals surface area contributed by atoms with Crippen LogP contribution < -0.4 is 4.74 Å². The number of rotatable bonds is 3. The van der Waals surface area contributed by atoms with E-state index in [0.717, 1.165) is 17.0 Å². The zero-order valence-corrected chi connectivity index (χ0v) is 10.7. The fourth-order valence-electron chi connectivity index (χ4n) is 1.88. The van der Waals surface area contributed by atoms with Gasteiger partial charge in [0.05, 0.1) is 11.7 Å². The van der Waals surface area contributed by atoms with Gasteiger partial charge < -0.3 is 9.84 Å². The van der Waals surface area contributed by atoms with Crippen molar-refractivity contribution >= 4 is 16.9 Å². The number of hydrogen-bond donors (Lipinski definition) is 1. The molecule has 0 aliphatic heterocycles. The SMILES string of the molecule is O=C(O)c1ccnc(Oc2cnc3ccccc3c2)c1F. The second-order valence-corrected chi connectivity index (χ2v) is 4.25. The van der Waals surface area contributed by atoms with E-state index in [1.807, 2.05) is 24.3 Å². The number of hydrogen-bond acceptors (Lipinski definition) is 4. The first-order valence-electron chi connectivity index (χ1n) is 6.05. The summed E-state index contributed by atoms with van der Waals surface area (Å²) in [6.45, 7) is 0. The maximum atomic E-state index is 13.9. The first-order valence-corrected chi connectivity index (χ1v) is 6.05. The molecule has 0 fully saturated rings. The smallest absolute Gasteiger partial charge is 0.338 e. The van der Waals surface area contributed by atoms with Crippen molar-refractivity contribution in [3.8, 4) is 11.6 Å². The van der Waals surface area contributed by atoms with E-state index in [1.54, 1.807) is 6.07 Å². The van der Waals surface area contributed by atoms with Crippen LogP contribution in [0.15, 0.2) is 48.8 Å². The number of carboxylic acids is 1. The second-order valence-electron chi connectivity index (χ2n) is 4.25. The molecular weight excluding hydrogens is 275 g/mol. The van der Waals surface area contributed by atoms with Gasteiger partial charge in [0, 0.05) is 11.6 Å². The number of aromatic nitrogens is 2. The van der Waals surface area contributed by atoms with E-state index in [4.69, 9.17) is 9.84 Å². The minimum Gasteiger partial charge on any atom is -0.478 e. The third-order valence-electron chi connectivity index (χ3n) is 2.87. The predicted molar refractivity (Wildman–Crippen MR) is 73.0 cm³/mol. The molecule has 104 valence electrons. The number of fused-ring (bicyclic) bond motifs is 1. The van der Waals surface area contributed by atoms with Crippen LogP contribution in [0, 0.1) is 5.82 Å². The Balaban J connectivity index is 1.98. The van der Waals surface area contributed by atoms with Crippen LogP contribution in [0.3, 0.4) is 0 Å². The predicted octanol–water partition coefficient (Wildman–Crippen LogP) is 3.26. The Hall–Kier alpha value is -3.02. The molecule has 0 bridgehead atoms. The molecule has 0 amide bonds. The zero-order valence-electron chi connectivity index (χ0n) is 10.7. The highest BCUT2D eigenvalue weighted by atomic mass is 19.1. The summed E-state index contributed by atoms with van der Waals surface area (Å²) in [6.07, 6.45) is 2.60. The Morgan fingerprint density at radius 2 is 2.00 bits per heavy atom. The van der Waals surface area contributed by atoms with E-state index >= 15 is 0 Å². The monoisotopic (exact) mass is 284 g/mol. The van der Waals surface area contributed by atoms with Gasteiger partial charge in [-0.3, -0.25) is 4.98 Å². The summed E-state index contributed by atoms with van der Waals surface area (Å²) in [7, 11) is 0. The van der Waals surface area contributed by atoms with Crippen LogP contribution in [0.5, 0.6) is 11.6 Å². The van der Waals surface area contributed by atoms with Crippen molar-refractivity contribution in [2.45, 2.75) is 0 Å². The fraction of sp³-hybridized carbons (Fsp3) is 0. The number of carbonyl (C=O) groups is 1. The Labute approximate surface area is 118 Å². The van der Waals surface area contributed by atoms with Crippen molar-refractivity contribution in [3.63, 3.8) is 0 Å². The Bertz CT molecular complexity index is 836. The topological polar surface area (TPSA) is 72.3 Å². The molecule has 0 aliphatic carbocycles. The number of benzene rings is 1. The van der Waals surface area contributed by atoms with Crippen molar-refractivity contribution < 1.29 is 19.0 Å². The van der Waals surface area contributed by atoms with E-state index in [0.29, 0.717) is 0 Å². The van der Waals surface area contributed by atoms with Gasteiger partial charge in [-0.05, 0) is 18.2 Å². The van der Waals surface area contributed by atoms with E-state index in [1.165, 1.54) is 12.4 Å². The summed E-state index contributed by atoms with van der Waals surface area (Å²) in [6, 6.07) is 10.1. The van der Waals surface area contributed by atoms with E-state index in [2.05, 4.69) is 9.97 Å². The lowest BCUT2D eigenvalue weighted by Gasteiger charge is -2.07. The number of ether oxygens (including phenoxy) is 1. The molecule has 3 aromatic rings. The molecule has 0 saturated heterocycles. The highest BCUT2D eigenvalue weighted by molar-refractivity contribution is 5.88. The summed E-state index contributed by atoms with van der Waals surface area (Å²) in [5.74, 6) is -2.51. The summed E-state index contributed by atoms with van der Waals surface area (Å²) in [5, 5.41) is 9.69. The van der Waals surface area contributed by atoms with Crippen molar-refractivity contribution in [1.82, 2.24) is 9.97 Å². The molecule has 0 aliphatic rings. The van der Waals surface area contributed by atoms with Gasteiger partial charge in [-0.1, -0.05) is 18.2 Å². The zero-order chi connectivity index (χ0) is 14.8. The summed E-state index contributed by atoms with van der Waals surface area (Å²) >= 11 is 0. The molecule has 0 spiro atoms. The van der Waals surface area contributed by atoms with Crippen LogP contribution in [0.25, 0.3) is 10.9 Å². The van der Waals surface area contributed by atoms with Crippen molar-refractivity contribution in [2.24, 2.45) is 0 Å². The van der Waals surface area contributed by atoms with E-state index in [-0.39, 0.29) is 5.75 Å². The molecule has 0 saturated carbocycles. The molecule has 2 aromatic heterocycles. The number of carboxylic acid groups (broad SMARTS) is 1.